The lowest BCUT2D eigenvalue weighted by atomic mass is 9.90. The van der Waals surface area contributed by atoms with Gasteiger partial charge in [-0.1, -0.05) is 48.5 Å². The van der Waals surface area contributed by atoms with Crippen LogP contribution < -0.4 is 5.32 Å². The predicted octanol–water partition coefficient (Wildman–Crippen LogP) is 5.66. The number of alkyl halides is 6. The Hall–Kier alpha value is -3.48. The van der Waals surface area contributed by atoms with E-state index in [4.69, 9.17) is 0 Å². The van der Waals surface area contributed by atoms with Crippen molar-refractivity contribution < 1.29 is 36.2 Å². The van der Waals surface area contributed by atoms with E-state index < -0.39 is 23.5 Å². The summed E-state index contributed by atoms with van der Waals surface area (Å²) >= 11 is 0. The van der Waals surface area contributed by atoms with Crippen LogP contribution in [0.3, 0.4) is 0 Å². The summed E-state index contributed by atoms with van der Waals surface area (Å²) in [5, 5.41) is 12.6. The molecule has 2 N–H and O–H groups in total. The lowest BCUT2D eigenvalue weighted by Crippen LogP contribution is -2.53. The van der Waals surface area contributed by atoms with Gasteiger partial charge in [0.2, 0.25) is 5.91 Å². The highest BCUT2D eigenvalue weighted by Gasteiger charge is 2.71. The fraction of sp³-hybridized carbons (Fsp3) is 0.419. The van der Waals surface area contributed by atoms with Gasteiger partial charge in [-0.2, -0.15) is 26.3 Å². The predicted molar refractivity (Wildman–Crippen MR) is 149 cm³/mol. The van der Waals surface area contributed by atoms with E-state index in [1.165, 1.54) is 0 Å². The van der Waals surface area contributed by atoms with Crippen LogP contribution in [0.4, 0.5) is 26.3 Å². The van der Waals surface area contributed by atoms with E-state index >= 15 is 0 Å². The first-order valence-electron chi connectivity index (χ1n) is 13.9. The minimum absolute atomic E-state index is 0.00880. The minimum atomic E-state index is -5.93. The van der Waals surface area contributed by atoms with Crippen LogP contribution in [0.1, 0.15) is 37.0 Å². The maximum Gasteiger partial charge on any atom is 0.430 e. The minimum Gasteiger partial charge on any atom is -0.369 e. The molecular formula is C31H34F6N4O2. The maximum atomic E-state index is 13.2. The Morgan fingerprint density at radius 1 is 0.860 bits per heavy atom. The Morgan fingerprint density at radius 3 is 1.93 bits per heavy atom. The first kappa shape index (κ1) is 32.4. The van der Waals surface area contributed by atoms with Gasteiger partial charge >= 0.3 is 12.4 Å². The van der Waals surface area contributed by atoms with Crippen LogP contribution >= 0.6 is 0 Å². The fourth-order valence-electron chi connectivity index (χ4n) is 5.27. The zero-order chi connectivity index (χ0) is 31.4. The Bertz CT molecular complexity index is 1330. The summed E-state index contributed by atoms with van der Waals surface area (Å²) < 4.78 is 79.2. The van der Waals surface area contributed by atoms with Crippen LogP contribution in [0.5, 0.6) is 0 Å². The van der Waals surface area contributed by atoms with Crippen molar-refractivity contribution in [3.63, 3.8) is 0 Å². The molecule has 0 saturated carbocycles. The van der Waals surface area contributed by atoms with Crippen molar-refractivity contribution in [2.24, 2.45) is 0 Å². The van der Waals surface area contributed by atoms with Crippen LogP contribution in [-0.2, 0) is 23.5 Å². The molecule has 4 rings (SSSR count). The molecule has 1 saturated heterocycles. The van der Waals surface area contributed by atoms with Gasteiger partial charge < -0.3 is 10.4 Å². The molecule has 3 aromatic rings. The third-order valence-corrected chi connectivity index (χ3v) is 7.51. The van der Waals surface area contributed by atoms with E-state index in [1.807, 2.05) is 38.1 Å². The van der Waals surface area contributed by atoms with Gasteiger partial charge in [-0.25, -0.2) is 0 Å². The topological polar surface area (TPSA) is 68.7 Å². The quantitative estimate of drug-likeness (QED) is 0.307. The lowest BCUT2D eigenvalue weighted by molar-refractivity contribution is -0.376. The van der Waals surface area contributed by atoms with Crippen molar-refractivity contribution in [1.82, 2.24) is 20.1 Å². The largest absolute Gasteiger partial charge is 0.430 e. The molecule has 1 atom stereocenters. The number of aromatic nitrogens is 1. The average Bonchev–Trinajstić information content (AvgIpc) is 2.93. The zero-order valence-corrected chi connectivity index (χ0v) is 23.8. The molecule has 232 valence electrons. The second-order valence-corrected chi connectivity index (χ2v) is 11.1. The molecule has 1 fully saturated rings. The van der Waals surface area contributed by atoms with Gasteiger partial charge in [0.1, 0.15) is 0 Å². The van der Waals surface area contributed by atoms with Crippen LogP contribution in [0.15, 0.2) is 73.1 Å². The second kappa shape index (κ2) is 13.0. The van der Waals surface area contributed by atoms with Crippen molar-refractivity contribution in [2.45, 2.75) is 63.4 Å². The van der Waals surface area contributed by atoms with E-state index in [9.17, 15) is 36.2 Å². The average molecular weight is 609 g/mol. The highest BCUT2D eigenvalue weighted by atomic mass is 19.4. The number of hydrogen-bond acceptors (Lipinski definition) is 5. The van der Waals surface area contributed by atoms with E-state index in [0.29, 0.717) is 49.3 Å². The molecule has 6 nitrogen and oxygen atoms in total. The standard InChI is InChI=1S/C31H34F6N4O2/c1-21(2)39-28(42)17-27-20-40(15-16-41(27)19-23-11-13-38-14-12-23)18-22-3-5-24(6-4-22)25-7-9-26(10-8-25)29(43,30(32,33)34)31(35,36)37/h3-14,21,27,43H,15-20H2,1-2H3,(H,39,42)/t27-/m0/s1. The Kier molecular flexibility index (Phi) is 9.83. The molecule has 12 heteroatoms. The molecule has 0 bridgehead atoms. The van der Waals surface area contributed by atoms with Crippen molar-refractivity contribution in [3.8, 4) is 11.1 Å². The molecule has 1 amide bonds. The van der Waals surface area contributed by atoms with Crippen LogP contribution in [0.2, 0.25) is 0 Å². The van der Waals surface area contributed by atoms with Crippen molar-refractivity contribution in [3.05, 3.63) is 89.7 Å². The molecule has 1 aliphatic rings. The van der Waals surface area contributed by atoms with Gasteiger partial charge in [0.25, 0.3) is 5.60 Å². The third kappa shape index (κ3) is 7.73. The Balaban J connectivity index is 1.44. The zero-order valence-electron chi connectivity index (χ0n) is 23.8. The number of hydrogen-bond donors (Lipinski definition) is 2. The number of nitrogens with one attached hydrogen (secondary N) is 1. The number of benzene rings is 2. The first-order valence-corrected chi connectivity index (χ1v) is 13.9. The number of nitrogens with zero attached hydrogens (tertiary/aromatic N) is 3. The van der Waals surface area contributed by atoms with E-state index in [1.54, 1.807) is 24.5 Å². The smallest absolute Gasteiger partial charge is 0.369 e. The van der Waals surface area contributed by atoms with E-state index in [-0.39, 0.29) is 18.0 Å². The van der Waals surface area contributed by atoms with E-state index in [0.717, 1.165) is 36.3 Å². The van der Waals surface area contributed by atoms with Crippen molar-refractivity contribution in [2.75, 3.05) is 19.6 Å². The van der Waals surface area contributed by atoms with Gasteiger partial charge in [-0.05, 0) is 48.2 Å². The van der Waals surface area contributed by atoms with Gasteiger partial charge in [-0.3, -0.25) is 19.6 Å². The summed E-state index contributed by atoms with van der Waals surface area (Å²) in [4.78, 5) is 21.3. The summed E-state index contributed by atoms with van der Waals surface area (Å²) in [5.74, 6) is -0.0131. The summed E-state index contributed by atoms with van der Waals surface area (Å²) in [6, 6.07) is 14.7. The molecule has 0 radical (unpaired) electrons. The number of piperazine rings is 1. The number of amides is 1. The number of carbonyl (C=O) groups excluding carboxylic acids is 1. The monoisotopic (exact) mass is 608 g/mol. The van der Waals surface area contributed by atoms with Crippen LogP contribution in [0, 0.1) is 0 Å². The SMILES string of the molecule is CC(C)NC(=O)C[C@H]1CN(Cc2ccc(-c3ccc(C(O)(C(F)(F)F)C(F)(F)F)cc3)cc2)CCN1Cc1ccncc1. The lowest BCUT2D eigenvalue weighted by Gasteiger charge is -2.41. The maximum absolute atomic E-state index is 13.2. The molecular weight excluding hydrogens is 574 g/mol. The fourth-order valence-corrected chi connectivity index (χ4v) is 5.27. The first-order chi connectivity index (χ1) is 20.2. The summed E-state index contributed by atoms with van der Waals surface area (Å²) in [7, 11) is 0. The summed E-state index contributed by atoms with van der Waals surface area (Å²) in [6.07, 6.45) is -8.03. The van der Waals surface area contributed by atoms with Gasteiger partial charge in [0.15, 0.2) is 0 Å². The molecule has 43 heavy (non-hydrogen) atoms. The molecule has 1 aromatic heterocycles. The molecule has 0 aliphatic carbocycles. The number of pyridine rings is 1. The number of rotatable bonds is 9. The Labute approximate surface area is 246 Å². The third-order valence-electron chi connectivity index (χ3n) is 7.51. The molecule has 1 aliphatic heterocycles. The summed E-state index contributed by atoms with van der Waals surface area (Å²) in [5.41, 5.74) is -3.17. The van der Waals surface area contributed by atoms with Gasteiger partial charge in [-0.15, -0.1) is 0 Å². The molecule has 0 spiro atoms. The number of aliphatic hydroxyl groups is 1. The number of carbonyl (C=O) groups is 1. The normalized spacial score (nSPS) is 17.3. The van der Waals surface area contributed by atoms with Gasteiger partial charge in [0.05, 0.1) is 0 Å². The van der Waals surface area contributed by atoms with Crippen molar-refractivity contribution in [1.29, 1.82) is 0 Å². The summed E-state index contributed by atoms with van der Waals surface area (Å²) in [6.45, 7) is 7.35. The molecule has 0 unspecified atom stereocenters. The molecule has 2 aromatic carbocycles. The molecule has 2 heterocycles. The Morgan fingerprint density at radius 2 is 1.40 bits per heavy atom. The van der Waals surface area contributed by atoms with Crippen LogP contribution in [-0.4, -0.2) is 69.9 Å². The highest BCUT2D eigenvalue weighted by molar-refractivity contribution is 5.76. The van der Waals surface area contributed by atoms with Gasteiger partial charge in [0, 0.05) is 69.2 Å². The van der Waals surface area contributed by atoms with Crippen LogP contribution in [0.25, 0.3) is 11.1 Å². The highest BCUT2D eigenvalue weighted by Crippen LogP contribution is 2.50. The van der Waals surface area contributed by atoms with E-state index in [2.05, 4.69) is 20.1 Å². The number of halogens is 6. The van der Waals surface area contributed by atoms with Crippen molar-refractivity contribution >= 4 is 5.91 Å². The second-order valence-electron chi connectivity index (χ2n) is 11.1.